The first kappa shape index (κ1) is 16.3. The summed E-state index contributed by atoms with van der Waals surface area (Å²) in [5.74, 6) is 1.92. The second-order valence-electron chi connectivity index (χ2n) is 8.03. The summed E-state index contributed by atoms with van der Waals surface area (Å²) >= 11 is 1.82. The SMILES string of the molecule is CCc1cc2c(N3CC[C@]4(CCN(CC(C)C)C4)C3)ncnc2s1. The van der Waals surface area contributed by atoms with E-state index in [1.165, 1.54) is 42.7 Å². The Kier molecular flexibility index (Phi) is 4.25. The first-order valence-corrected chi connectivity index (χ1v) is 10.1. The Balaban J connectivity index is 1.54. The number of aromatic nitrogens is 2. The Morgan fingerprint density at radius 1 is 1.21 bits per heavy atom. The van der Waals surface area contributed by atoms with Crippen molar-refractivity contribution in [3.8, 4) is 0 Å². The van der Waals surface area contributed by atoms with Crippen molar-refractivity contribution < 1.29 is 0 Å². The molecule has 0 saturated carbocycles. The number of aryl methyl sites for hydroxylation is 1. The quantitative estimate of drug-likeness (QED) is 0.844. The number of hydrogen-bond acceptors (Lipinski definition) is 5. The van der Waals surface area contributed by atoms with Gasteiger partial charge in [-0.1, -0.05) is 20.8 Å². The van der Waals surface area contributed by atoms with Crippen LogP contribution in [-0.2, 0) is 6.42 Å². The minimum Gasteiger partial charge on any atom is -0.355 e. The molecule has 2 aromatic rings. The van der Waals surface area contributed by atoms with Crippen LogP contribution in [0.25, 0.3) is 10.2 Å². The smallest absolute Gasteiger partial charge is 0.140 e. The molecule has 4 nitrogen and oxygen atoms in total. The van der Waals surface area contributed by atoms with Crippen molar-refractivity contribution in [1.82, 2.24) is 14.9 Å². The van der Waals surface area contributed by atoms with E-state index >= 15 is 0 Å². The summed E-state index contributed by atoms with van der Waals surface area (Å²) in [5, 5.41) is 1.26. The van der Waals surface area contributed by atoms with Crippen molar-refractivity contribution in [2.24, 2.45) is 11.3 Å². The molecule has 0 radical (unpaired) electrons. The minimum atomic E-state index is 0.482. The summed E-state index contributed by atoms with van der Waals surface area (Å²) in [5.41, 5.74) is 0.482. The summed E-state index contributed by atoms with van der Waals surface area (Å²) in [6.07, 6.45) is 5.47. The molecule has 2 saturated heterocycles. The van der Waals surface area contributed by atoms with E-state index in [1.54, 1.807) is 6.33 Å². The van der Waals surface area contributed by atoms with E-state index in [4.69, 9.17) is 0 Å². The van der Waals surface area contributed by atoms with Gasteiger partial charge in [0.1, 0.15) is 17.0 Å². The van der Waals surface area contributed by atoms with Crippen molar-refractivity contribution in [3.05, 3.63) is 17.3 Å². The van der Waals surface area contributed by atoms with Crippen LogP contribution < -0.4 is 4.90 Å². The molecule has 24 heavy (non-hydrogen) atoms. The molecule has 0 unspecified atom stereocenters. The molecule has 1 spiro atoms. The molecule has 4 heterocycles. The van der Waals surface area contributed by atoms with Crippen LogP contribution >= 0.6 is 11.3 Å². The number of fused-ring (bicyclic) bond motifs is 1. The van der Waals surface area contributed by atoms with Crippen LogP contribution in [0.1, 0.15) is 38.5 Å². The predicted octanol–water partition coefficient (Wildman–Crippen LogP) is 3.81. The molecule has 0 aliphatic carbocycles. The van der Waals surface area contributed by atoms with E-state index in [0.29, 0.717) is 5.41 Å². The van der Waals surface area contributed by atoms with Gasteiger partial charge in [-0.05, 0) is 37.8 Å². The number of thiophene rings is 1. The van der Waals surface area contributed by atoms with Crippen LogP contribution in [0, 0.1) is 11.3 Å². The number of hydrogen-bond donors (Lipinski definition) is 0. The van der Waals surface area contributed by atoms with Crippen LogP contribution in [0.3, 0.4) is 0 Å². The van der Waals surface area contributed by atoms with Crippen LogP contribution in [0.2, 0.25) is 0 Å². The highest BCUT2D eigenvalue weighted by molar-refractivity contribution is 7.18. The Hall–Kier alpha value is -1.20. The third kappa shape index (κ3) is 2.93. The molecule has 5 heteroatoms. The molecule has 2 aliphatic heterocycles. The maximum atomic E-state index is 4.67. The second-order valence-corrected chi connectivity index (χ2v) is 9.15. The molecule has 130 valence electrons. The molecule has 0 bridgehead atoms. The molecule has 1 atom stereocenters. The lowest BCUT2D eigenvalue weighted by Crippen LogP contribution is -2.32. The first-order chi connectivity index (χ1) is 11.6. The Morgan fingerprint density at radius 2 is 2.04 bits per heavy atom. The third-order valence-electron chi connectivity index (χ3n) is 5.59. The highest BCUT2D eigenvalue weighted by Crippen LogP contribution is 2.42. The summed E-state index contributed by atoms with van der Waals surface area (Å²) in [7, 11) is 0. The van der Waals surface area contributed by atoms with E-state index in [-0.39, 0.29) is 0 Å². The third-order valence-corrected chi connectivity index (χ3v) is 6.77. The Bertz CT molecular complexity index is 725. The normalized spacial score (nSPS) is 24.9. The minimum absolute atomic E-state index is 0.482. The number of anilines is 1. The van der Waals surface area contributed by atoms with E-state index in [1.807, 2.05) is 11.3 Å². The van der Waals surface area contributed by atoms with E-state index < -0.39 is 0 Å². The van der Waals surface area contributed by atoms with Crippen LogP contribution in [0.5, 0.6) is 0 Å². The van der Waals surface area contributed by atoms with Gasteiger partial charge in [0.15, 0.2) is 0 Å². The number of rotatable bonds is 4. The molecule has 4 rings (SSSR count). The summed E-state index contributed by atoms with van der Waals surface area (Å²) in [6, 6.07) is 2.31. The molecule has 0 aromatic carbocycles. The fourth-order valence-electron chi connectivity index (χ4n) is 4.47. The summed E-state index contributed by atoms with van der Waals surface area (Å²) < 4.78 is 0. The first-order valence-electron chi connectivity index (χ1n) is 9.29. The maximum Gasteiger partial charge on any atom is 0.140 e. The predicted molar refractivity (Wildman–Crippen MR) is 102 cm³/mol. The largest absolute Gasteiger partial charge is 0.355 e. The molecule has 0 amide bonds. The number of nitrogens with zero attached hydrogens (tertiary/aromatic N) is 4. The fourth-order valence-corrected chi connectivity index (χ4v) is 5.40. The lowest BCUT2D eigenvalue weighted by atomic mass is 9.86. The average molecular weight is 345 g/mol. The van der Waals surface area contributed by atoms with Gasteiger partial charge >= 0.3 is 0 Å². The van der Waals surface area contributed by atoms with Gasteiger partial charge in [-0.2, -0.15) is 0 Å². The summed E-state index contributed by atoms with van der Waals surface area (Å²) in [4.78, 5) is 16.9. The van der Waals surface area contributed by atoms with E-state index in [0.717, 1.165) is 36.1 Å². The van der Waals surface area contributed by atoms with Gasteiger partial charge in [0.05, 0.1) is 5.39 Å². The topological polar surface area (TPSA) is 32.3 Å². The van der Waals surface area contributed by atoms with Gasteiger partial charge in [-0.3, -0.25) is 0 Å². The van der Waals surface area contributed by atoms with E-state index in [2.05, 4.69) is 46.6 Å². The van der Waals surface area contributed by atoms with Crippen molar-refractivity contribution in [2.75, 3.05) is 37.6 Å². The van der Waals surface area contributed by atoms with Crippen LogP contribution in [0.4, 0.5) is 5.82 Å². The maximum absolute atomic E-state index is 4.67. The van der Waals surface area contributed by atoms with Crippen LogP contribution in [0.15, 0.2) is 12.4 Å². The van der Waals surface area contributed by atoms with Gasteiger partial charge in [0.25, 0.3) is 0 Å². The lowest BCUT2D eigenvalue weighted by molar-refractivity contribution is 0.253. The zero-order chi connectivity index (χ0) is 16.7. The number of likely N-dealkylation sites (tertiary alicyclic amines) is 1. The van der Waals surface area contributed by atoms with Crippen molar-refractivity contribution >= 4 is 27.4 Å². The van der Waals surface area contributed by atoms with E-state index in [9.17, 15) is 0 Å². The Labute approximate surface area is 148 Å². The van der Waals surface area contributed by atoms with Crippen molar-refractivity contribution in [2.45, 2.75) is 40.0 Å². The zero-order valence-corrected chi connectivity index (χ0v) is 15.9. The molecule has 0 N–H and O–H groups in total. The van der Waals surface area contributed by atoms with Gasteiger partial charge in [0.2, 0.25) is 0 Å². The lowest BCUT2D eigenvalue weighted by Gasteiger charge is -2.26. The molecule has 2 aromatic heterocycles. The van der Waals surface area contributed by atoms with Gasteiger partial charge in [-0.15, -0.1) is 11.3 Å². The van der Waals surface area contributed by atoms with Crippen LogP contribution in [-0.4, -0.2) is 47.6 Å². The van der Waals surface area contributed by atoms with Gasteiger partial charge in [-0.25, -0.2) is 9.97 Å². The molecular weight excluding hydrogens is 316 g/mol. The monoisotopic (exact) mass is 344 g/mol. The zero-order valence-electron chi connectivity index (χ0n) is 15.1. The van der Waals surface area contributed by atoms with Crippen molar-refractivity contribution in [1.29, 1.82) is 0 Å². The molecular formula is C19H28N4S. The molecule has 2 fully saturated rings. The average Bonchev–Trinajstić information content (AvgIpc) is 3.25. The van der Waals surface area contributed by atoms with Gasteiger partial charge in [0, 0.05) is 36.5 Å². The van der Waals surface area contributed by atoms with Crippen molar-refractivity contribution in [3.63, 3.8) is 0 Å². The fraction of sp³-hybridized carbons (Fsp3) is 0.684. The standard InChI is InChI=1S/C19H28N4S/c1-4-15-9-16-17(20-13-21-18(16)24-15)23-8-6-19(12-23)5-7-22(11-19)10-14(2)3/h9,13-14H,4-8,10-12H2,1-3H3/t19-/m0/s1. The highest BCUT2D eigenvalue weighted by Gasteiger charge is 2.44. The molecule has 2 aliphatic rings. The van der Waals surface area contributed by atoms with Gasteiger partial charge < -0.3 is 9.80 Å². The summed E-state index contributed by atoms with van der Waals surface area (Å²) in [6.45, 7) is 12.9. The second kappa shape index (κ2) is 6.26. The highest BCUT2D eigenvalue weighted by atomic mass is 32.1. The Morgan fingerprint density at radius 3 is 2.83 bits per heavy atom.